The molecule has 3 aliphatic rings. The lowest BCUT2D eigenvalue weighted by Gasteiger charge is -2.36. The van der Waals surface area contributed by atoms with Crippen molar-refractivity contribution in [2.75, 3.05) is 32.4 Å². The Labute approximate surface area is 149 Å². The lowest BCUT2D eigenvalue weighted by Crippen LogP contribution is -2.44. The summed E-state index contributed by atoms with van der Waals surface area (Å²) in [6.07, 6.45) is 11.0. The number of nitrogens with one attached hydrogen (secondary N) is 1. The first kappa shape index (κ1) is 16.4. The third-order valence-corrected chi connectivity index (χ3v) is 6.64. The molecule has 0 aromatic carbocycles. The Morgan fingerprint density at radius 2 is 2.21 bits per heavy atom. The lowest BCUT2D eigenvalue weighted by molar-refractivity contribution is 0.0317. The average Bonchev–Trinajstić information content (AvgIpc) is 2.99. The van der Waals surface area contributed by atoms with E-state index in [4.69, 9.17) is 9.72 Å². The Morgan fingerprint density at radius 3 is 2.92 bits per heavy atom. The van der Waals surface area contributed by atoms with Crippen LogP contribution in [-0.4, -0.2) is 47.3 Å². The molecule has 1 N–H and O–H groups in total. The zero-order valence-electron chi connectivity index (χ0n) is 14.7. The Kier molecular flexibility index (Phi) is 4.58. The van der Waals surface area contributed by atoms with Gasteiger partial charge in [-0.25, -0.2) is 4.31 Å². The zero-order chi connectivity index (χ0) is 16.6. The highest BCUT2D eigenvalue weighted by atomic mass is 32.2. The van der Waals surface area contributed by atoms with Gasteiger partial charge in [0.2, 0.25) is 0 Å². The molecule has 0 bridgehead atoms. The molecule has 1 unspecified atom stereocenters. The van der Waals surface area contributed by atoms with Crippen LogP contribution in [0.25, 0.3) is 5.57 Å². The van der Waals surface area contributed by atoms with E-state index in [1.54, 1.807) is 0 Å². The van der Waals surface area contributed by atoms with E-state index in [1.807, 2.05) is 18.1 Å². The first-order chi connectivity index (χ1) is 11.7. The predicted molar refractivity (Wildman–Crippen MR) is 100 cm³/mol. The second-order valence-electron chi connectivity index (χ2n) is 7.34. The topological polar surface area (TPSA) is 37.4 Å². The normalized spacial score (nSPS) is 28.3. The van der Waals surface area contributed by atoms with Crippen molar-refractivity contribution in [1.82, 2.24) is 14.6 Å². The Morgan fingerprint density at radius 1 is 1.38 bits per heavy atom. The van der Waals surface area contributed by atoms with E-state index in [1.165, 1.54) is 24.0 Å². The van der Waals surface area contributed by atoms with Crippen molar-refractivity contribution in [3.8, 4) is 5.75 Å². The molecular formula is C19H27N3OS. The molecule has 4 rings (SSSR count). The third-order valence-electron chi connectivity index (χ3n) is 5.79. The van der Waals surface area contributed by atoms with Crippen LogP contribution in [0.1, 0.15) is 37.4 Å². The summed E-state index contributed by atoms with van der Waals surface area (Å²) in [7, 11) is 0. The van der Waals surface area contributed by atoms with Crippen molar-refractivity contribution in [2.45, 2.75) is 38.2 Å². The standard InChI is InChI=1S/C19H27N3OS/c1-19(16-3-7-20-8-4-16)12-15-11-17(21-13-18(15)23-19)14-5-9-22(24-2)10-6-14/h5,11,13,16,20H,3-4,6-10,12H2,1-2H3. The molecule has 24 heavy (non-hydrogen) atoms. The molecule has 0 radical (unpaired) electrons. The van der Waals surface area contributed by atoms with Gasteiger partial charge < -0.3 is 10.1 Å². The summed E-state index contributed by atoms with van der Waals surface area (Å²) in [5, 5.41) is 3.46. The molecule has 1 aromatic heterocycles. The van der Waals surface area contributed by atoms with Crippen LogP contribution >= 0.6 is 11.9 Å². The summed E-state index contributed by atoms with van der Waals surface area (Å²) < 4.78 is 8.77. The first-order valence-corrected chi connectivity index (χ1v) is 10.2. The molecule has 0 amide bonds. The first-order valence-electron chi connectivity index (χ1n) is 9.05. The fourth-order valence-electron chi connectivity index (χ4n) is 4.26. The van der Waals surface area contributed by atoms with E-state index in [0.29, 0.717) is 5.92 Å². The van der Waals surface area contributed by atoms with E-state index in [-0.39, 0.29) is 5.60 Å². The fourth-order valence-corrected chi connectivity index (χ4v) is 4.76. The van der Waals surface area contributed by atoms with Gasteiger partial charge in [-0.05, 0) is 57.2 Å². The number of pyridine rings is 1. The maximum atomic E-state index is 6.39. The summed E-state index contributed by atoms with van der Waals surface area (Å²) >= 11 is 1.82. The van der Waals surface area contributed by atoms with Gasteiger partial charge >= 0.3 is 0 Å². The quantitative estimate of drug-likeness (QED) is 0.852. The second kappa shape index (κ2) is 6.70. The van der Waals surface area contributed by atoms with Crippen LogP contribution in [0, 0.1) is 5.92 Å². The van der Waals surface area contributed by atoms with Crippen molar-refractivity contribution >= 4 is 17.5 Å². The number of hydrogen-bond acceptors (Lipinski definition) is 5. The van der Waals surface area contributed by atoms with Crippen molar-refractivity contribution < 1.29 is 4.74 Å². The summed E-state index contributed by atoms with van der Waals surface area (Å²) in [5.41, 5.74) is 3.82. The number of fused-ring (bicyclic) bond motifs is 1. The number of piperidine rings is 1. The average molecular weight is 346 g/mol. The van der Waals surface area contributed by atoms with Gasteiger partial charge in [0, 0.05) is 31.0 Å². The molecule has 1 aromatic rings. The van der Waals surface area contributed by atoms with Gasteiger partial charge in [0.1, 0.15) is 11.4 Å². The number of rotatable bonds is 3. The minimum atomic E-state index is -0.0542. The van der Waals surface area contributed by atoms with E-state index in [9.17, 15) is 0 Å². The summed E-state index contributed by atoms with van der Waals surface area (Å²) in [5.74, 6) is 1.64. The summed E-state index contributed by atoms with van der Waals surface area (Å²) in [6, 6.07) is 2.28. The van der Waals surface area contributed by atoms with E-state index < -0.39 is 0 Å². The van der Waals surface area contributed by atoms with Crippen LogP contribution in [0.15, 0.2) is 18.3 Å². The lowest BCUT2D eigenvalue weighted by atomic mass is 9.79. The van der Waals surface area contributed by atoms with Gasteiger partial charge in [0.25, 0.3) is 0 Å². The smallest absolute Gasteiger partial charge is 0.141 e. The summed E-state index contributed by atoms with van der Waals surface area (Å²) in [6.45, 7) is 6.64. The number of hydrogen-bond donors (Lipinski definition) is 1. The molecule has 0 saturated carbocycles. The highest BCUT2D eigenvalue weighted by Crippen LogP contribution is 2.42. The molecule has 3 aliphatic heterocycles. The van der Waals surface area contributed by atoms with Crippen LogP contribution in [0.5, 0.6) is 5.75 Å². The largest absolute Gasteiger partial charge is 0.485 e. The number of nitrogens with zero attached hydrogens (tertiary/aromatic N) is 2. The van der Waals surface area contributed by atoms with Gasteiger partial charge in [-0.3, -0.25) is 4.98 Å². The highest BCUT2D eigenvalue weighted by molar-refractivity contribution is 7.96. The molecule has 1 atom stereocenters. The van der Waals surface area contributed by atoms with Gasteiger partial charge in [0.05, 0.1) is 11.9 Å². The van der Waals surface area contributed by atoms with Crippen molar-refractivity contribution in [2.24, 2.45) is 5.92 Å². The minimum Gasteiger partial charge on any atom is -0.485 e. The molecule has 1 fully saturated rings. The Hall–Kier alpha value is -1.04. The maximum Gasteiger partial charge on any atom is 0.141 e. The van der Waals surface area contributed by atoms with E-state index >= 15 is 0 Å². The van der Waals surface area contributed by atoms with Gasteiger partial charge in [-0.15, -0.1) is 0 Å². The monoisotopic (exact) mass is 345 g/mol. The van der Waals surface area contributed by atoms with Crippen molar-refractivity contribution in [1.29, 1.82) is 0 Å². The predicted octanol–water partition coefficient (Wildman–Crippen LogP) is 3.14. The molecule has 5 heteroatoms. The van der Waals surface area contributed by atoms with Gasteiger partial charge in [0.15, 0.2) is 0 Å². The Balaban J connectivity index is 1.52. The fraction of sp³-hybridized carbons (Fsp3) is 0.632. The van der Waals surface area contributed by atoms with Crippen LogP contribution in [0.2, 0.25) is 0 Å². The van der Waals surface area contributed by atoms with Crippen LogP contribution in [0.3, 0.4) is 0 Å². The summed E-state index contributed by atoms with van der Waals surface area (Å²) in [4.78, 5) is 4.70. The van der Waals surface area contributed by atoms with E-state index in [2.05, 4.69) is 34.9 Å². The molecule has 0 spiro atoms. The van der Waals surface area contributed by atoms with Crippen LogP contribution in [-0.2, 0) is 6.42 Å². The van der Waals surface area contributed by atoms with Crippen LogP contribution < -0.4 is 10.1 Å². The van der Waals surface area contributed by atoms with Crippen molar-refractivity contribution in [3.05, 3.63) is 29.6 Å². The van der Waals surface area contributed by atoms with E-state index in [0.717, 1.165) is 50.5 Å². The number of aromatic nitrogens is 1. The molecule has 4 nitrogen and oxygen atoms in total. The number of ether oxygens (including phenoxy) is 1. The SMILES string of the molecule is CSN1CC=C(c2cc3c(cn2)OC(C)(C2CCNCC2)C3)CC1. The molecule has 4 heterocycles. The third kappa shape index (κ3) is 3.09. The molecule has 0 aliphatic carbocycles. The van der Waals surface area contributed by atoms with Crippen molar-refractivity contribution in [3.63, 3.8) is 0 Å². The zero-order valence-corrected chi connectivity index (χ0v) is 15.5. The molecular weight excluding hydrogens is 318 g/mol. The minimum absolute atomic E-state index is 0.0542. The molecule has 1 saturated heterocycles. The second-order valence-corrected chi connectivity index (χ2v) is 8.22. The van der Waals surface area contributed by atoms with Gasteiger partial charge in [-0.1, -0.05) is 18.0 Å². The van der Waals surface area contributed by atoms with Gasteiger partial charge in [-0.2, -0.15) is 0 Å². The Bertz CT molecular complexity index is 641. The maximum absolute atomic E-state index is 6.39. The highest BCUT2D eigenvalue weighted by Gasteiger charge is 2.42. The molecule has 130 valence electrons. The van der Waals surface area contributed by atoms with Crippen LogP contribution in [0.4, 0.5) is 0 Å².